The van der Waals surface area contributed by atoms with Gasteiger partial charge in [-0.3, -0.25) is 4.79 Å². The summed E-state index contributed by atoms with van der Waals surface area (Å²) in [6, 6.07) is 12.1. The number of nitrogens with one attached hydrogen (secondary N) is 1. The molecule has 1 atom stereocenters. The molecular weight excluding hydrogens is 578 g/mol. The Balaban J connectivity index is 1.63. The van der Waals surface area contributed by atoms with Crippen molar-refractivity contribution >= 4 is 63.4 Å². The second kappa shape index (κ2) is 11.6. The standard InChI is InChI=1S/C27H23Cl3F3N3O3/c1-15(2)14-38-35-10-9-34-25(37)20-8-7-19(17-5-3-4-6-18(17)20)23-13-26(39-36-23,27(31,32)33)16-11-21(28)24(30)22(29)12-16/h3-8,10-12,15H,9,13-14H2,1-2H3,(H,34,37). The fraction of sp³-hybridized carbons (Fsp3) is 0.296. The van der Waals surface area contributed by atoms with E-state index in [2.05, 4.69) is 15.6 Å². The van der Waals surface area contributed by atoms with E-state index in [0.717, 1.165) is 12.1 Å². The molecule has 0 radical (unpaired) electrons. The van der Waals surface area contributed by atoms with E-state index in [4.69, 9.17) is 44.5 Å². The predicted octanol–water partition coefficient (Wildman–Crippen LogP) is 7.77. The minimum Gasteiger partial charge on any atom is -0.396 e. The second-order valence-electron chi connectivity index (χ2n) is 9.28. The van der Waals surface area contributed by atoms with Gasteiger partial charge in [0, 0.05) is 23.1 Å². The van der Waals surface area contributed by atoms with Crippen molar-refractivity contribution in [1.82, 2.24) is 5.32 Å². The molecule has 1 aliphatic heterocycles. The SMILES string of the molecule is CC(C)CON=CCNC(=O)c1ccc(C2=NOC(c3cc(Cl)c(Cl)c(Cl)c3)(C(F)(F)F)C2)c2ccccc12. The Labute approximate surface area is 237 Å². The second-order valence-corrected chi connectivity index (χ2v) is 10.5. The van der Waals surface area contributed by atoms with E-state index >= 15 is 0 Å². The van der Waals surface area contributed by atoms with Crippen molar-refractivity contribution in [2.24, 2.45) is 16.2 Å². The van der Waals surface area contributed by atoms with E-state index in [1.807, 2.05) is 13.8 Å². The highest BCUT2D eigenvalue weighted by Crippen LogP contribution is 2.51. The van der Waals surface area contributed by atoms with Crippen LogP contribution in [-0.2, 0) is 15.3 Å². The van der Waals surface area contributed by atoms with Crippen LogP contribution in [0.15, 0.2) is 58.8 Å². The normalized spacial score (nSPS) is 17.5. The molecule has 39 heavy (non-hydrogen) atoms. The van der Waals surface area contributed by atoms with Crippen LogP contribution in [0.2, 0.25) is 15.1 Å². The van der Waals surface area contributed by atoms with Crippen molar-refractivity contribution in [3.63, 3.8) is 0 Å². The Morgan fingerprint density at radius 1 is 1.15 bits per heavy atom. The number of amides is 1. The van der Waals surface area contributed by atoms with Crippen LogP contribution < -0.4 is 5.32 Å². The Morgan fingerprint density at radius 3 is 2.46 bits per heavy atom. The van der Waals surface area contributed by atoms with Crippen molar-refractivity contribution in [1.29, 1.82) is 0 Å². The fourth-order valence-corrected chi connectivity index (χ4v) is 4.70. The van der Waals surface area contributed by atoms with Crippen LogP contribution in [0.3, 0.4) is 0 Å². The van der Waals surface area contributed by atoms with E-state index in [9.17, 15) is 18.0 Å². The molecule has 206 valence electrons. The van der Waals surface area contributed by atoms with Crippen molar-refractivity contribution in [3.8, 4) is 0 Å². The summed E-state index contributed by atoms with van der Waals surface area (Å²) in [5.41, 5.74) is -2.37. The van der Waals surface area contributed by atoms with Gasteiger partial charge in [-0.2, -0.15) is 13.2 Å². The molecule has 1 unspecified atom stereocenters. The minimum atomic E-state index is -4.87. The Morgan fingerprint density at radius 2 is 1.82 bits per heavy atom. The summed E-state index contributed by atoms with van der Waals surface area (Å²) >= 11 is 18.0. The van der Waals surface area contributed by atoms with Gasteiger partial charge >= 0.3 is 6.18 Å². The molecule has 1 heterocycles. The van der Waals surface area contributed by atoms with E-state index in [1.165, 1.54) is 12.3 Å². The zero-order valence-electron chi connectivity index (χ0n) is 20.8. The average Bonchev–Trinajstić information content (AvgIpc) is 3.35. The summed E-state index contributed by atoms with van der Waals surface area (Å²) in [6.07, 6.45) is -4.07. The van der Waals surface area contributed by atoms with Crippen LogP contribution >= 0.6 is 34.8 Å². The summed E-state index contributed by atoms with van der Waals surface area (Å²) in [4.78, 5) is 23.1. The number of nitrogens with zero attached hydrogens (tertiary/aromatic N) is 2. The molecular formula is C27H23Cl3F3N3O3. The Hall–Kier alpha value is -3.01. The lowest BCUT2D eigenvalue weighted by molar-refractivity contribution is -0.275. The number of hydrogen-bond donors (Lipinski definition) is 1. The molecule has 0 fully saturated rings. The first-order chi connectivity index (χ1) is 18.4. The first-order valence-corrected chi connectivity index (χ1v) is 13.0. The first kappa shape index (κ1) is 29.0. The van der Waals surface area contributed by atoms with Gasteiger partial charge in [0.25, 0.3) is 11.5 Å². The van der Waals surface area contributed by atoms with Gasteiger partial charge in [-0.1, -0.05) is 89.3 Å². The third-order valence-corrected chi connectivity index (χ3v) is 7.22. The zero-order valence-corrected chi connectivity index (χ0v) is 23.0. The largest absolute Gasteiger partial charge is 0.435 e. The number of hydrogen-bond acceptors (Lipinski definition) is 5. The van der Waals surface area contributed by atoms with Crippen molar-refractivity contribution in [2.45, 2.75) is 32.0 Å². The Kier molecular flexibility index (Phi) is 8.63. The number of benzene rings is 3. The van der Waals surface area contributed by atoms with Gasteiger partial charge in [0.1, 0.15) is 6.61 Å². The van der Waals surface area contributed by atoms with Gasteiger partial charge in [-0.05, 0) is 34.9 Å². The maximum absolute atomic E-state index is 14.5. The predicted molar refractivity (Wildman–Crippen MR) is 147 cm³/mol. The lowest BCUT2D eigenvalue weighted by atomic mass is 9.85. The molecule has 0 aliphatic carbocycles. The van der Waals surface area contributed by atoms with Crippen LogP contribution in [0.5, 0.6) is 0 Å². The molecule has 0 saturated carbocycles. The number of carbonyl (C=O) groups excluding carboxylic acids is 1. The first-order valence-electron chi connectivity index (χ1n) is 11.9. The van der Waals surface area contributed by atoms with Crippen LogP contribution in [0.1, 0.15) is 41.8 Å². The molecule has 6 nitrogen and oxygen atoms in total. The van der Waals surface area contributed by atoms with Gasteiger partial charge in [-0.15, -0.1) is 0 Å². The third kappa shape index (κ3) is 5.95. The monoisotopic (exact) mass is 599 g/mol. The summed E-state index contributed by atoms with van der Waals surface area (Å²) in [7, 11) is 0. The van der Waals surface area contributed by atoms with Crippen LogP contribution in [0, 0.1) is 5.92 Å². The maximum Gasteiger partial charge on any atom is 0.435 e. The molecule has 3 aromatic carbocycles. The highest BCUT2D eigenvalue weighted by molar-refractivity contribution is 6.48. The van der Waals surface area contributed by atoms with Crippen molar-refractivity contribution < 1.29 is 27.6 Å². The number of halogens is 6. The van der Waals surface area contributed by atoms with E-state index in [0.29, 0.717) is 34.4 Å². The molecule has 1 aliphatic rings. The topological polar surface area (TPSA) is 72.3 Å². The number of oxime groups is 2. The molecule has 1 amide bonds. The zero-order chi connectivity index (χ0) is 28.4. The molecule has 4 rings (SSSR count). The van der Waals surface area contributed by atoms with Crippen molar-refractivity contribution in [2.75, 3.05) is 13.2 Å². The lowest BCUT2D eigenvalue weighted by Gasteiger charge is -2.30. The van der Waals surface area contributed by atoms with Crippen LogP contribution in [-0.4, -0.2) is 37.2 Å². The van der Waals surface area contributed by atoms with Gasteiger partial charge < -0.3 is 15.0 Å². The molecule has 0 bridgehead atoms. The van der Waals surface area contributed by atoms with Gasteiger partial charge in [-0.25, -0.2) is 0 Å². The lowest BCUT2D eigenvalue weighted by Crippen LogP contribution is -2.42. The smallest absolute Gasteiger partial charge is 0.396 e. The highest BCUT2D eigenvalue weighted by atomic mass is 35.5. The van der Waals surface area contributed by atoms with Gasteiger partial charge in [0.05, 0.1) is 33.5 Å². The number of alkyl halides is 3. The summed E-state index contributed by atoms with van der Waals surface area (Å²) < 4.78 is 43.5. The van der Waals surface area contributed by atoms with E-state index < -0.39 is 18.2 Å². The van der Waals surface area contributed by atoms with E-state index in [1.54, 1.807) is 30.3 Å². The summed E-state index contributed by atoms with van der Waals surface area (Å²) in [6.45, 7) is 4.56. The molecule has 12 heteroatoms. The summed E-state index contributed by atoms with van der Waals surface area (Å²) in [5.74, 6) is -0.0627. The fourth-order valence-electron chi connectivity index (χ4n) is 4.10. The number of rotatable bonds is 8. The van der Waals surface area contributed by atoms with E-state index in [-0.39, 0.29) is 38.8 Å². The molecule has 1 N–H and O–H groups in total. The third-order valence-electron chi connectivity index (χ3n) is 6.03. The van der Waals surface area contributed by atoms with Crippen LogP contribution in [0.4, 0.5) is 13.2 Å². The number of fused-ring (bicyclic) bond motifs is 1. The maximum atomic E-state index is 14.5. The van der Waals surface area contributed by atoms with Crippen molar-refractivity contribution in [3.05, 3.63) is 80.3 Å². The van der Waals surface area contributed by atoms with Gasteiger partial charge in [0.15, 0.2) is 0 Å². The summed E-state index contributed by atoms with van der Waals surface area (Å²) in [5, 5.41) is 11.1. The molecule has 0 saturated heterocycles. The molecule has 0 aromatic heterocycles. The van der Waals surface area contributed by atoms with Gasteiger partial charge in [0.2, 0.25) is 0 Å². The Bertz CT molecular complexity index is 1440. The number of carbonyl (C=O) groups is 1. The minimum absolute atomic E-state index is 0.0483. The van der Waals surface area contributed by atoms with Crippen LogP contribution in [0.25, 0.3) is 10.8 Å². The highest BCUT2D eigenvalue weighted by Gasteiger charge is 2.62. The molecule has 3 aromatic rings. The quantitative estimate of drug-likeness (QED) is 0.163. The molecule has 0 spiro atoms. The average molecular weight is 601 g/mol.